The summed E-state index contributed by atoms with van der Waals surface area (Å²) in [6.45, 7) is 1.24. The van der Waals surface area contributed by atoms with Crippen LogP contribution in [0.25, 0.3) is 0 Å². The molecule has 2 aromatic carbocycles. The second-order valence-electron chi connectivity index (χ2n) is 7.88. The normalized spacial score (nSPS) is 17.8. The van der Waals surface area contributed by atoms with E-state index in [-0.39, 0.29) is 29.2 Å². The minimum absolute atomic E-state index is 0.0212. The first-order valence-electron chi connectivity index (χ1n) is 9.19. The smallest absolute Gasteiger partial charge is 0.416 e. The summed E-state index contributed by atoms with van der Waals surface area (Å²) in [4.78, 5) is 12.7. The molecule has 0 atom stereocenters. The molecule has 1 aliphatic heterocycles. The van der Waals surface area contributed by atoms with Gasteiger partial charge in [-0.15, -0.1) is 0 Å². The van der Waals surface area contributed by atoms with Gasteiger partial charge >= 0.3 is 12.1 Å². The molecule has 1 spiro atoms. The summed E-state index contributed by atoms with van der Waals surface area (Å²) in [5.41, 5.74) is 1.47. The Morgan fingerprint density at radius 2 is 1.90 bits per heavy atom. The maximum absolute atomic E-state index is 13.2. The highest BCUT2D eigenvalue weighted by atomic mass is 35.5. The fourth-order valence-corrected chi connectivity index (χ4v) is 4.68. The summed E-state index contributed by atoms with van der Waals surface area (Å²) in [5, 5.41) is 8.92. The molecule has 2 aliphatic rings. The van der Waals surface area contributed by atoms with Crippen LogP contribution in [0.5, 0.6) is 5.75 Å². The second kappa shape index (κ2) is 7.22. The highest BCUT2D eigenvalue weighted by Gasteiger charge is 2.47. The van der Waals surface area contributed by atoms with E-state index in [0.29, 0.717) is 5.75 Å². The number of ether oxygens (including phenoxy) is 1. The number of carbonyl (C=O) groups is 1. The Kier molecular flexibility index (Phi) is 4.99. The number of aliphatic carboxylic acids is 1. The molecule has 2 aromatic rings. The van der Waals surface area contributed by atoms with Crippen molar-refractivity contribution in [3.63, 3.8) is 0 Å². The minimum Gasteiger partial charge on any atom is -0.489 e. The molecular formula is C21H19ClF3NO3. The molecule has 29 heavy (non-hydrogen) atoms. The monoisotopic (exact) mass is 425 g/mol. The van der Waals surface area contributed by atoms with Gasteiger partial charge in [-0.05, 0) is 48.2 Å². The van der Waals surface area contributed by atoms with E-state index in [9.17, 15) is 18.0 Å². The standard InChI is InChI=1S/C21H19ClF3NO3/c22-18-3-1-2-17(21(23,24)25)16(18)10-29-15-5-4-13-7-20(8-14(13)6-15)11-26(12-20)9-19(27)28/h1-6H,7-12H2,(H,27,28). The van der Waals surface area contributed by atoms with Crippen LogP contribution in [0.4, 0.5) is 13.2 Å². The first-order valence-corrected chi connectivity index (χ1v) is 9.56. The number of fused-ring (bicyclic) bond motifs is 1. The third kappa shape index (κ3) is 4.07. The number of rotatable bonds is 5. The van der Waals surface area contributed by atoms with Crippen LogP contribution in [0.15, 0.2) is 36.4 Å². The average molecular weight is 426 g/mol. The molecule has 0 unspecified atom stereocenters. The van der Waals surface area contributed by atoms with Crippen molar-refractivity contribution in [2.75, 3.05) is 19.6 Å². The number of alkyl halides is 3. The summed E-state index contributed by atoms with van der Waals surface area (Å²) in [6.07, 6.45) is -2.81. The minimum atomic E-state index is -4.50. The van der Waals surface area contributed by atoms with Gasteiger partial charge in [0.2, 0.25) is 0 Å². The molecule has 0 radical (unpaired) electrons. The van der Waals surface area contributed by atoms with E-state index in [2.05, 4.69) is 0 Å². The number of benzene rings is 2. The third-order valence-corrected chi connectivity index (χ3v) is 5.95. The molecule has 0 bridgehead atoms. The number of likely N-dealkylation sites (tertiary alicyclic amines) is 1. The van der Waals surface area contributed by atoms with Crippen molar-refractivity contribution in [3.8, 4) is 5.75 Å². The molecule has 1 fully saturated rings. The van der Waals surface area contributed by atoms with Gasteiger partial charge in [-0.1, -0.05) is 23.7 Å². The number of carboxylic acid groups (broad SMARTS) is 1. The van der Waals surface area contributed by atoms with Gasteiger partial charge in [-0.2, -0.15) is 13.2 Å². The number of hydrogen-bond acceptors (Lipinski definition) is 3. The predicted octanol–water partition coefficient (Wildman–Crippen LogP) is 4.42. The fourth-order valence-electron chi connectivity index (χ4n) is 4.46. The second-order valence-corrected chi connectivity index (χ2v) is 8.28. The van der Waals surface area contributed by atoms with Gasteiger partial charge in [0.1, 0.15) is 12.4 Å². The van der Waals surface area contributed by atoms with Crippen molar-refractivity contribution in [2.45, 2.75) is 25.6 Å². The van der Waals surface area contributed by atoms with Gasteiger partial charge in [0, 0.05) is 29.1 Å². The van der Waals surface area contributed by atoms with Gasteiger partial charge < -0.3 is 9.84 Å². The Hall–Kier alpha value is -2.25. The molecule has 1 N–H and O–H groups in total. The van der Waals surface area contributed by atoms with E-state index < -0.39 is 17.7 Å². The SMILES string of the molecule is O=C(O)CN1CC2(Cc3ccc(OCc4c(Cl)cccc4C(F)(F)F)cc3C2)C1. The van der Waals surface area contributed by atoms with E-state index in [4.69, 9.17) is 21.4 Å². The Morgan fingerprint density at radius 3 is 2.59 bits per heavy atom. The summed E-state index contributed by atoms with van der Waals surface area (Å²) in [5.74, 6) is -0.334. The summed E-state index contributed by atoms with van der Waals surface area (Å²) >= 11 is 5.98. The largest absolute Gasteiger partial charge is 0.489 e. The maximum Gasteiger partial charge on any atom is 0.416 e. The lowest BCUT2D eigenvalue weighted by atomic mass is 9.77. The summed E-state index contributed by atoms with van der Waals surface area (Å²) < 4.78 is 45.3. The van der Waals surface area contributed by atoms with Crippen molar-refractivity contribution in [1.82, 2.24) is 4.90 Å². The topological polar surface area (TPSA) is 49.8 Å². The average Bonchev–Trinajstić information content (AvgIpc) is 2.97. The van der Waals surface area contributed by atoms with Crippen molar-refractivity contribution in [2.24, 2.45) is 5.41 Å². The Bertz CT molecular complexity index is 955. The van der Waals surface area contributed by atoms with Crippen LogP contribution in [0.1, 0.15) is 22.3 Å². The first-order chi connectivity index (χ1) is 13.7. The zero-order valence-electron chi connectivity index (χ0n) is 15.4. The maximum atomic E-state index is 13.2. The van der Waals surface area contributed by atoms with Crippen LogP contribution in [0, 0.1) is 5.41 Å². The van der Waals surface area contributed by atoms with Crippen LogP contribution < -0.4 is 4.74 Å². The number of halogens is 4. The molecule has 0 saturated carbocycles. The molecule has 4 rings (SSSR count). The quantitative estimate of drug-likeness (QED) is 0.770. The lowest BCUT2D eigenvalue weighted by molar-refractivity contribution is -0.141. The van der Waals surface area contributed by atoms with E-state index >= 15 is 0 Å². The van der Waals surface area contributed by atoms with Crippen LogP contribution in [-0.2, 0) is 30.4 Å². The van der Waals surface area contributed by atoms with Gasteiger partial charge in [0.25, 0.3) is 0 Å². The predicted molar refractivity (Wildman–Crippen MR) is 101 cm³/mol. The number of carboxylic acids is 1. The third-order valence-electron chi connectivity index (χ3n) is 5.59. The molecule has 8 heteroatoms. The van der Waals surface area contributed by atoms with Crippen LogP contribution in [0.2, 0.25) is 5.02 Å². The lowest BCUT2D eigenvalue weighted by Gasteiger charge is -2.47. The molecule has 0 aromatic heterocycles. The Morgan fingerprint density at radius 1 is 1.17 bits per heavy atom. The van der Waals surface area contributed by atoms with Crippen LogP contribution in [0.3, 0.4) is 0 Å². The lowest BCUT2D eigenvalue weighted by Crippen LogP contribution is -2.58. The fraction of sp³-hybridized carbons (Fsp3) is 0.381. The van der Waals surface area contributed by atoms with E-state index in [0.717, 1.165) is 37.6 Å². The summed E-state index contributed by atoms with van der Waals surface area (Å²) in [6, 6.07) is 9.26. The molecule has 4 nitrogen and oxygen atoms in total. The van der Waals surface area contributed by atoms with Crippen molar-refractivity contribution < 1.29 is 27.8 Å². The van der Waals surface area contributed by atoms with Gasteiger partial charge in [0.05, 0.1) is 12.1 Å². The zero-order valence-corrected chi connectivity index (χ0v) is 16.2. The van der Waals surface area contributed by atoms with E-state index in [1.54, 1.807) is 6.07 Å². The van der Waals surface area contributed by atoms with E-state index in [1.165, 1.54) is 17.7 Å². The van der Waals surface area contributed by atoms with Crippen LogP contribution in [-0.4, -0.2) is 35.6 Å². The molecule has 1 aliphatic carbocycles. The van der Waals surface area contributed by atoms with Gasteiger partial charge in [-0.3, -0.25) is 9.69 Å². The number of nitrogens with zero attached hydrogens (tertiary/aromatic N) is 1. The molecule has 0 amide bonds. The molecule has 1 heterocycles. The van der Waals surface area contributed by atoms with Crippen molar-refractivity contribution >= 4 is 17.6 Å². The highest BCUT2D eigenvalue weighted by molar-refractivity contribution is 6.31. The zero-order chi connectivity index (χ0) is 20.8. The van der Waals surface area contributed by atoms with Crippen molar-refractivity contribution in [1.29, 1.82) is 0 Å². The highest BCUT2D eigenvalue weighted by Crippen LogP contribution is 2.44. The number of hydrogen-bond donors (Lipinski definition) is 1. The van der Waals surface area contributed by atoms with Gasteiger partial charge in [-0.25, -0.2) is 0 Å². The first kappa shape index (κ1) is 20.0. The summed E-state index contributed by atoms with van der Waals surface area (Å²) in [7, 11) is 0. The Labute approximate surface area is 170 Å². The van der Waals surface area contributed by atoms with Crippen molar-refractivity contribution in [3.05, 3.63) is 63.7 Å². The van der Waals surface area contributed by atoms with Crippen LogP contribution >= 0.6 is 11.6 Å². The van der Waals surface area contributed by atoms with E-state index in [1.807, 2.05) is 17.0 Å². The Balaban J connectivity index is 1.44. The molecule has 154 valence electrons. The molecule has 1 saturated heterocycles. The van der Waals surface area contributed by atoms with Gasteiger partial charge in [0.15, 0.2) is 0 Å². The molecular weight excluding hydrogens is 407 g/mol.